The maximum Gasteiger partial charge on any atom is 0.309 e. The molecule has 1 aliphatic heterocycles. The number of sulfonamides is 1. The molecule has 1 atom stereocenters. The molecule has 0 spiro atoms. The topological polar surface area (TPSA) is 95.6 Å². The molecule has 1 aliphatic carbocycles. The van der Waals surface area contributed by atoms with Crippen LogP contribution >= 0.6 is 11.6 Å². The Morgan fingerprint density at radius 1 is 0.935 bits per heavy atom. The molecule has 1 aromatic carbocycles. The van der Waals surface area contributed by atoms with Crippen LogP contribution in [0.15, 0.2) is 29.2 Å². The quantitative estimate of drug-likeness (QED) is 0.494. The molecule has 172 valence electrons. The van der Waals surface area contributed by atoms with Crippen LogP contribution in [-0.4, -0.2) is 49.7 Å². The van der Waals surface area contributed by atoms with Crippen molar-refractivity contribution in [3.63, 3.8) is 0 Å². The van der Waals surface area contributed by atoms with Crippen molar-refractivity contribution < 1.29 is 18.0 Å². The van der Waals surface area contributed by atoms with Crippen LogP contribution in [0.2, 0.25) is 5.02 Å². The predicted molar refractivity (Wildman–Crippen MR) is 120 cm³/mol. The molecule has 0 bridgehead atoms. The van der Waals surface area contributed by atoms with E-state index in [0.717, 1.165) is 44.9 Å². The van der Waals surface area contributed by atoms with Gasteiger partial charge in [0.2, 0.25) is 10.0 Å². The van der Waals surface area contributed by atoms with Crippen molar-refractivity contribution in [1.82, 2.24) is 14.9 Å². The smallest absolute Gasteiger partial charge is 0.309 e. The molecule has 0 aromatic heterocycles. The molecule has 3 rings (SSSR count). The number of carbonyl (C=O) groups is 2. The number of amides is 2. The lowest BCUT2D eigenvalue weighted by Gasteiger charge is -2.34. The van der Waals surface area contributed by atoms with Gasteiger partial charge in [0.25, 0.3) is 0 Å². The first kappa shape index (κ1) is 24.0. The van der Waals surface area contributed by atoms with E-state index in [1.165, 1.54) is 29.3 Å². The van der Waals surface area contributed by atoms with Gasteiger partial charge in [0.05, 0.1) is 4.90 Å². The van der Waals surface area contributed by atoms with Gasteiger partial charge in [-0.25, -0.2) is 8.42 Å². The second-order valence-corrected chi connectivity index (χ2v) is 10.8. The van der Waals surface area contributed by atoms with Crippen molar-refractivity contribution in [3.05, 3.63) is 29.3 Å². The number of hydrogen-bond donors (Lipinski definition) is 2. The van der Waals surface area contributed by atoms with Crippen LogP contribution < -0.4 is 10.6 Å². The molecule has 31 heavy (non-hydrogen) atoms. The Bertz CT molecular complexity index is 852. The van der Waals surface area contributed by atoms with Crippen LogP contribution in [0, 0.1) is 0 Å². The second-order valence-electron chi connectivity index (χ2n) is 8.43. The summed E-state index contributed by atoms with van der Waals surface area (Å²) in [5.41, 5.74) is 0. The summed E-state index contributed by atoms with van der Waals surface area (Å²) in [5, 5.41) is 5.99. The third kappa shape index (κ3) is 6.67. The van der Waals surface area contributed by atoms with Crippen LogP contribution in [0.5, 0.6) is 0 Å². The highest BCUT2D eigenvalue weighted by atomic mass is 35.5. The average Bonchev–Trinajstić information content (AvgIpc) is 3.03. The van der Waals surface area contributed by atoms with E-state index in [0.29, 0.717) is 18.0 Å². The minimum atomic E-state index is -3.63. The molecule has 7 nitrogen and oxygen atoms in total. The highest BCUT2D eigenvalue weighted by molar-refractivity contribution is 7.89. The van der Waals surface area contributed by atoms with Crippen LogP contribution in [0.25, 0.3) is 0 Å². The van der Waals surface area contributed by atoms with Gasteiger partial charge in [-0.1, -0.05) is 43.7 Å². The van der Waals surface area contributed by atoms with Gasteiger partial charge in [0.15, 0.2) is 0 Å². The van der Waals surface area contributed by atoms with Gasteiger partial charge in [-0.2, -0.15) is 4.31 Å². The molecule has 1 aromatic rings. The monoisotopic (exact) mass is 469 g/mol. The van der Waals surface area contributed by atoms with Gasteiger partial charge < -0.3 is 10.6 Å². The number of hydrogen-bond acceptors (Lipinski definition) is 4. The summed E-state index contributed by atoms with van der Waals surface area (Å²) < 4.78 is 27.7. The van der Waals surface area contributed by atoms with Crippen LogP contribution in [0.4, 0.5) is 0 Å². The van der Waals surface area contributed by atoms with Crippen molar-refractivity contribution in [2.24, 2.45) is 0 Å². The van der Waals surface area contributed by atoms with Crippen molar-refractivity contribution in [1.29, 1.82) is 0 Å². The van der Waals surface area contributed by atoms with Gasteiger partial charge in [0.1, 0.15) is 0 Å². The Labute approximate surface area is 190 Å². The first-order valence-corrected chi connectivity index (χ1v) is 13.1. The standard InChI is InChI=1S/C22H32ClN3O4S/c23-17-10-12-20(13-11-17)31(29,30)26-16-6-5-9-19(26)14-15-24-21(27)22(28)25-18-7-3-1-2-4-8-18/h10-13,18-19H,1-9,14-16H2,(H,24,27)(H,25,28)/t19-/m1/s1. The van der Waals surface area contributed by atoms with E-state index in [9.17, 15) is 18.0 Å². The Hall–Kier alpha value is -1.64. The molecule has 1 heterocycles. The maximum absolute atomic E-state index is 13.1. The molecule has 1 saturated heterocycles. The molecular formula is C22H32ClN3O4S. The van der Waals surface area contributed by atoms with E-state index in [1.807, 2.05) is 0 Å². The molecule has 2 amide bonds. The van der Waals surface area contributed by atoms with Crippen molar-refractivity contribution >= 4 is 33.4 Å². The zero-order valence-electron chi connectivity index (χ0n) is 17.8. The van der Waals surface area contributed by atoms with E-state index in [4.69, 9.17) is 11.6 Å². The number of benzene rings is 1. The van der Waals surface area contributed by atoms with E-state index < -0.39 is 21.8 Å². The van der Waals surface area contributed by atoms with Gasteiger partial charge in [-0.05, 0) is 56.4 Å². The first-order valence-electron chi connectivity index (χ1n) is 11.2. The minimum Gasteiger partial charge on any atom is -0.348 e. The first-order chi connectivity index (χ1) is 14.9. The molecule has 9 heteroatoms. The fraction of sp³-hybridized carbons (Fsp3) is 0.636. The maximum atomic E-state index is 13.1. The Balaban J connectivity index is 1.52. The number of rotatable bonds is 6. The van der Waals surface area contributed by atoms with Crippen molar-refractivity contribution in [2.45, 2.75) is 81.2 Å². The van der Waals surface area contributed by atoms with E-state index >= 15 is 0 Å². The Morgan fingerprint density at radius 2 is 1.58 bits per heavy atom. The summed E-state index contributed by atoms with van der Waals surface area (Å²) in [4.78, 5) is 24.6. The third-order valence-corrected chi connectivity index (χ3v) is 8.37. The highest BCUT2D eigenvalue weighted by Crippen LogP contribution is 2.27. The van der Waals surface area contributed by atoms with Gasteiger partial charge in [0, 0.05) is 30.2 Å². The van der Waals surface area contributed by atoms with Gasteiger partial charge in [-0.15, -0.1) is 0 Å². The van der Waals surface area contributed by atoms with E-state index in [2.05, 4.69) is 10.6 Å². The SMILES string of the molecule is O=C(NCC[C@H]1CCCCN1S(=O)(=O)c1ccc(Cl)cc1)C(=O)NC1CCCCCC1. The summed E-state index contributed by atoms with van der Waals surface area (Å²) in [7, 11) is -3.63. The van der Waals surface area contributed by atoms with E-state index in [-0.39, 0.29) is 23.5 Å². The normalized spacial score (nSPS) is 21.3. The minimum absolute atomic E-state index is 0.0686. The molecule has 2 fully saturated rings. The second kappa shape index (κ2) is 11.3. The Kier molecular flexibility index (Phi) is 8.75. The fourth-order valence-corrected chi connectivity index (χ4v) is 6.28. The molecule has 2 aliphatic rings. The molecular weight excluding hydrogens is 438 g/mol. The molecule has 0 radical (unpaired) electrons. The number of carbonyl (C=O) groups excluding carboxylic acids is 2. The summed E-state index contributed by atoms with van der Waals surface area (Å²) in [6.07, 6.45) is 9.28. The van der Waals surface area contributed by atoms with E-state index in [1.54, 1.807) is 12.1 Å². The lowest BCUT2D eigenvalue weighted by molar-refractivity contribution is -0.139. The van der Waals surface area contributed by atoms with Gasteiger partial charge >= 0.3 is 11.8 Å². The van der Waals surface area contributed by atoms with Crippen LogP contribution in [0.3, 0.4) is 0 Å². The van der Waals surface area contributed by atoms with Crippen LogP contribution in [-0.2, 0) is 19.6 Å². The summed E-state index contributed by atoms with van der Waals surface area (Å²) in [5.74, 6) is -1.24. The van der Waals surface area contributed by atoms with Crippen molar-refractivity contribution in [3.8, 4) is 0 Å². The average molecular weight is 470 g/mol. The fourth-order valence-electron chi connectivity index (χ4n) is 4.43. The molecule has 2 N–H and O–H groups in total. The number of nitrogens with one attached hydrogen (secondary N) is 2. The van der Waals surface area contributed by atoms with Crippen LogP contribution in [0.1, 0.15) is 64.2 Å². The number of piperidine rings is 1. The Morgan fingerprint density at radius 3 is 2.26 bits per heavy atom. The molecule has 0 unspecified atom stereocenters. The summed E-state index contributed by atoms with van der Waals surface area (Å²) in [6.45, 7) is 0.708. The molecule has 1 saturated carbocycles. The lowest BCUT2D eigenvalue weighted by atomic mass is 10.0. The lowest BCUT2D eigenvalue weighted by Crippen LogP contribution is -2.47. The number of nitrogens with zero attached hydrogens (tertiary/aromatic N) is 1. The zero-order chi connectivity index (χ0) is 22.3. The largest absolute Gasteiger partial charge is 0.348 e. The summed E-state index contributed by atoms with van der Waals surface area (Å²) >= 11 is 5.89. The third-order valence-electron chi connectivity index (χ3n) is 6.15. The predicted octanol–water partition coefficient (Wildman–Crippen LogP) is 3.23. The van der Waals surface area contributed by atoms with Crippen molar-refractivity contribution in [2.75, 3.05) is 13.1 Å². The summed E-state index contributed by atoms with van der Waals surface area (Å²) in [6, 6.07) is 6.03. The zero-order valence-corrected chi connectivity index (χ0v) is 19.4. The highest BCUT2D eigenvalue weighted by Gasteiger charge is 2.33. The van der Waals surface area contributed by atoms with Gasteiger partial charge in [-0.3, -0.25) is 9.59 Å². The number of halogens is 1.